The molecule has 10 aromatic carbocycles. The molecule has 0 unspecified atom stereocenters. The third-order valence-corrected chi connectivity index (χ3v) is 11.8. The van der Waals surface area contributed by atoms with E-state index < -0.39 is 0 Å². The summed E-state index contributed by atoms with van der Waals surface area (Å²) in [7, 11) is 0. The van der Waals surface area contributed by atoms with Crippen LogP contribution in [0.15, 0.2) is 211 Å². The van der Waals surface area contributed by atoms with Gasteiger partial charge in [0.2, 0.25) is 0 Å². The quantitative estimate of drug-likeness (QED) is 0.165. The first-order valence-electron chi connectivity index (χ1n) is 19.5. The molecule has 0 saturated carbocycles. The second kappa shape index (κ2) is 12.5. The van der Waals surface area contributed by atoms with Gasteiger partial charge in [-0.2, -0.15) is 0 Å². The van der Waals surface area contributed by atoms with Gasteiger partial charge in [0.05, 0.1) is 33.5 Å². The Kier molecular flexibility index (Phi) is 6.93. The number of aromatic nitrogens is 1. The minimum atomic E-state index is 0.859. The molecule has 0 aliphatic heterocycles. The molecule has 266 valence electrons. The Morgan fingerprint density at radius 3 is 1.75 bits per heavy atom. The van der Waals surface area contributed by atoms with Crippen molar-refractivity contribution in [2.24, 2.45) is 0 Å². The van der Waals surface area contributed by atoms with E-state index in [9.17, 15) is 0 Å². The Bertz CT molecular complexity index is 3480. The van der Waals surface area contributed by atoms with Gasteiger partial charge < -0.3 is 13.9 Å². The van der Waals surface area contributed by atoms with E-state index >= 15 is 0 Å². The van der Waals surface area contributed by atoms with Crippen LogP contribution in [0.5, 0.6) is 0 Å². The molecule has 3 nitrogen and oxygen atoms in total. The first kappa shape index (κ1) is 31.7. The van der Waals surface area contributed by atoms with E-state index in [2.05, 4.69) is 216 Å². The molecule has 0 fully saturated rings. The molecule has 0 radical (unpaired) electrons. The van der Waals surface area contributed by atoms with E-state index in [1.54, 1.807) is 0 Å². The fourth-order valence-electron chi connectivity index (χ4n) is 9.24. The van der Waals surface area contributed by atoms with Crippen molar-refractivity contribution in [3.05, 3.63) is 206 Å². The SMILES string of the molecule is c1ccc(-n2c3ccccc3c3ccccc32)c(N(c2ccc(-c3cc4ccccc4c4ccccc34)cc2)c2cccc3oc4c5ccccc5ccc4c23)c1. The maximum absolute atomic E-state index is 6.77. The van der Waals surface area contributed by atoms with Gasteiger partial charge in [-0.3, -0.25) is 0 Å². The van der Waals surface area contributed by atoms with Crippen LogP contribution in [0.1, 0.15) is 0 Å². The van der Waals surface area contributed by atoms with Crippen molar-refractivity contribution in [1.29, 1.82) is 0 Å². The van der Waals surface area contributed by atoms with E-state index in [1.165, 1.54) is 54.5 Å². The van der Waals surface area contributed by atoms with Crippen LogP contribution >= 0.6 is 0 Å². The number of benzene rings is 10. The summed E-state index contributed by atoms with van der Waals surface area (Å²) >= 11 is 0. The number of nitrogens with zero attached hydrogens (tertiary/aromatic N) is 2. The van der Waals surface area contributed by atoms with Crippen molar-refractivity contribution in [1.82, 2.24) is 4.57 Å². The molecule has 57 heavy (non-hydrogen) atoms. The second-order valence-electron chi connectivity index (χ2n) is 14.8. The van der Waals surface area contributed by atoms with Gasteiger partial charge in [0.1, 0.15) is 11.2 Å². The van der Waals surface area contributed by atoms with Crippen molar-refractivity contribution < 1.29 is 4.42 Å². The van der Waals surface area contributed by atoms with E-state index in [4.69, 9.17) is 4.42 Å². The molecular formula is C54H34N2O. The summed E-state index contributed by atoms with van der Waals surface area (Å²) in [4.78, 5) is 2.42. The van der Waals surface area contributed by atoms with Crippen LogP contribution in [0.4, 0.5) is 17.1 Å². The summed E-state index contributed by atoms with van der Waals surface area (Å²) in [5.41, 5.74) is 10.8. The van der Waals surface area contributed by atoms with Gasteiger partial charge in [0.15, 0.2) is 0 Å². The van der Waals surface area contributed by atoms with Gasteiger partial charge >= 0.3 is 0 Å². The summed E-state index contributed by atoms with van der Waals surface area (Å²) in [6.45, 7) is 0. The smallest absolute Gasteiger partial charge is 0.143 e. The van der Waals surface area contributed by atoms with Crippen molar-refractivity contribution in [2.45, 2.75) is 0 Å². The minimum absolute atomic E-state index is 0.859. The molecule has 3 heteroatoms. The molecule has 12 rings (SSSR count). The fourth-order valence-corrected chi connectivity index (χ4v) is 9.24. The zero-order valence-corrected chi connectivity index (χ0v) is 30.9. The summed E-state index contributed by atoms with van der Waals surface area (Å²) in [6, 6.07) is 74.5. The largest absolute Gasteiger partial charge is 0.455 e. The number of furan rings is 1. The number of fused-ring (bicyclic) bond motifs is 11. The van der Waals surface area contributed by atoms with Crippen molar-refractivity contribution in [3.63, 3.8) is 0 Å². The van der Waals surface area contributed by atoms with Crippen LogP contribution in [0, 0.1) is 0 Å². The highest BCUT2D eigenvalue weighted by Gasteiger charge is 2.24. The highest BCUT2D eigenvalue weighted by Crippen LogP contribution is 2.47. The predicted molar refractivity (Wildman–Crippen MR) is 241 cm³/mol. The van der Waals surface area contributed by atoms with E-state index in [1.807, 2.05) is 0 Å². The summed E-state index contributed by atoms with van der Waals surface area (Å²) in [5.74, 6) is 0. The van der Waals surface area contributed by atoms with Gasteiger partial charge in [0, 0.05) is 27.2 Å². The lowest BCUT2D eigenvalue weighted by Gasteiger charge is -2.29. The Labute approximate surface area is 328 Å². The van der Waals surface area contributed by atoms with Gasteiger partial charge in [0.25, 0.3) is 0 Å². The first-order chi connectivity index (χ1) is 28.3. The van der Waals surface area contributed by atoms with Gasteiger partial charge in [-0.1, -0.05) is 146 Å². The highest BCUT2D eigenvalue weighted by atomic mass is 16.3. The van der Waals surface area contributed by atoms with Crippen molar-refractivity contribution >= 4 is 93.1 Å². The van der Waals surface area contributed by atoms with Crippen LogP contribution in [-0.4, -0.2) is 4.57 Å². The molecule has 0 atom stereocenters. The molecule has 2 heterocycles. The van der Waals surface area contributed by atoms with E-state index in [0.717, 1.165) is 55.5 Å². The topological polar surface area (TPSA) is 21.3 Å². The average Bonchev–Trinajstić information content (AvgIpc) is 3.84. The van der Waals surface area contributed by atoms with Crippen LogP contribution in [-0.2, 0) is 0 Å². The molecule has 0 amide bonds. The zero-order chi connectivity index (χ0) is 37.5. The Morgan fingerprint density at radius 2 is 0.982 bits per heavy atom. The lowest BCUT2D eigenvalue weighted by Crippen LogP contribution is -2.13. The van der Waals surface area contributed by atoms with Crippen molar-refractivity contribution in [2.75, 3.05) is 4.90 Å². The van der Waals surface area contributed by atoms with Crippen LogP contribution in [0.25, 0.3) is 92.9 Å². The standard InChI is InChI=1S/C54H34N2O/c1-4-17-40-35(14-1)30-33-45-53-51(26-13-27-52(53)57-54(40)45)55(49-24-11-12-25-50(49)56-47-22-9-7-20-43(47)44-21-8-10-23-48(44)56)38-31-28-36(29-32-38)46-34-37-15-2-3-16-39(37)41-18-5-6-19-42(41)46/h1-34H. The maximum atomic E-state index is 6.77. The lowest BCUT2D eigenvalue weighted by atomic mass is 9.93. The number of hydrogen-bond donors (Lipinski definition) is 0. The average molecular weight is 727 g/mol. The molecule has 0 aliphatic carbocycles. The minimum Gasteiger partial charge on any atom is -0.455 e. The Morgan fingerprint density at radius 1 is 0.386 bits per heavy atom. The molecule has 0 N–H and O–H groups in total. The Hall–Kier alpha value is -7.62. The summed E-state index contributed by atoms with van der Waals surface area (Å²) in [6.07, 6.45) is 0. The van der Waals surface area contributed by atoms with Crippen LogP contribution in [0.2, 0.25) is 0 Å². The van der Waals surface area contributed by atoms with E-state index in [0.29, 0.717) is 0 Å². The van der Waals surface area contributed by atoms with E-state index in [-0.39, 0.29) is 0 Å². The van der Waals surface area contributed by atoms with Crippen LogP contribution in [0.3, 0.4) is 0 Å². The monoisotopic (exact) mass is 726 g/mol. The third-order valence-electron chi connectivity index (χ3n) is 11.8. The fraction of sp³-hybridized carbons (Fsp3) is 0. The maximum Gasteiger partial charge on any atom is 0.143 e. The zero-order valence-electron chi connectivity index (χ0n) is 30.9. The highest BCUT2D eigenvalue weighted by molar-refractivity contribution is 6.20. The van der Waals surface area contributed by atoms with Crippen LogP contribution < -0.4 is 4.90 Å². The first-order valence-corrected chi connectivity index (χ1v) is 19.5. The molecular weight excluding hydrogens is 693 g/mol. The van der Waals surface area contributed by atoms with Gasteiger partial charge in [-0.15, -0.1) is 0 Å². The molecule has 12 aromatic rings. The Balaban J connectivity index is 1.13. The molecule has 0 spiro atoms. The number of anilines is 3. The predicted octanol–water partition coefficient (Wildman–Crippen LogP) is 15.3. The lowest BCUT2D eigenvalue weighted by molar-refractivity contribution is 0.672. The molecule has 2 aromatic heterocycles. The summed E-state index contributed by atoms with van der Waals surface area (Å²) < 4.78 is 9.19. The molecule has 0 bridgehead atoms. The van der Waals surface area contributed by atoms with Gasteiger partial charge in [-0.25, -0.2) is 0 Å². The second-order valence-corrected chi connectivity index (χ2v) is 14.8. The summed E-state index contributed by atoms with van der Waals surface area (Å²) in [5, 5.41) is 11.9. The normalized spacial score (nSPS) is 11.9. The van der Waals surface area contributed by atoms with Gasteiger partial charge in [-0.05, 0) is 98.7 Å². The number of para-hydroxylation sites is 4. The number of hydrogen-bond acceptors (Lipinski definition) is 2. The molecule has 0 aliphatic rings. The third kappa shape index (κ3) is 4.79. The van der Waals surface area contributed by atoms with Crippen molar-refractivity contribution in [3.8, 4) is 16.8 Å². The molecule has 0 saturated heterocycles. The number of rotatable bonds is 5.